The summed E-state index contributed by atoms with van der Waals surface area (Å²) < 4.78 is 5.72. The Hall–Kier alpha value is -0.900. The molecule has 0 aromatic carbocycles. The van der Waals surface area contributed by atoms with Gasteiger partial charge in [-0.25, -0.2) is 0 Å². The van der Waals surface area contributed by atoms with Gasteiger partial charge in [-0.05, 0) is 44.6 Å². The van der Waals surface area contributed by atoms with E-state index < -0.39 is 6.04 Å². The average Bonchev–Trinajstić information content (AvgIpc) is 2.26. The Morgan fingerprint density at radius 1 is 1.65 bits per heavy atom. The second kappa shape index (κ2) is 5.63. The van der Waals surface area contributed by atoms with E-state index in [2.05, 4.69) is 13.0 Å². The monoisotopic (exact) mass is 241 g/mol. The number of allylic oxidation sites excluding steroid dienone is 1. The summed E-state index contributed by atoms with van der Waals surface area (Å²) in [6.07, 6.45) is 5.56. The summed E-state index contributed by atoms with van der Waals surface area (Å²) >= 11 is 0. The van der Waals surface area contributed by atoms with Gasteiger partial charge in [0.25, 0.3) is 0 Å². The molecule has 1 rings (SSSR count). The highest BCUT2D eigenvalue weighted by atomic mass is 16.6. The maximum Gasteiger partial charge on any atom is 0.233 e. The molecule has 0 aliphatic heterocycles. The number of hydrogen-bond acceptors (Lipinski definition) is 3. The smallest absolute Gasteiger partial charge is 0.233 e. The molecule has 4 nitrogen and oxygen atoms in total. The largest absolute Gasteiger partial charge is 0.364 e. The standard InChI is InChI=1S/C13H23NO3/c1-10-5-7-12(8-6-10)13(3,4)17-9-11(2)14(15)16/h7,10-11H,5-6,8-9H2,1-4H3/t10-,11?/m0/s1. The van der Waals surface area contributed by atoms with Crippen LogP contribution in [0.5, 0.6) is 0 Å². The average molecular weight is 241 g/mol. The molecule has 0 N–H and O–H groups in total. The molecule has 0 saturated heterocycles. The molecule has 1 aliphatic carbocycles. The highest BCUT2D eigenvalue weighted by Gasteiger charge is 2.28. The maximum atomic E-state index is 10.5. The van der Waals surface area contributed by atoms with Crippen LogP contribution in [0.3, 0.4) is 0 Å². The third-order valence-corrected chi connectivity index (χ3v) is 3.49. The summed E-state index contributed by atoms with van der Waals surface area (Å²) in [4.78, 5) is 10.2. The fourth-order valence-corrected chi connectivity index (χ4v) is 1.99. The van der Waals surface area contributed by atoms with Gasteiger partial charge in [0, 0.05) is 11.8 Å². The summed E-state index contributed by atoms with van der Waals surface area (Å²) in [5.41, 5.74) is 0.913. The van der Waals surface area contributed by atoms with E-state index in [1.165, 1.54) is 12.0 Å². The molecule has 0 aromatic heterocycles. The first-order valence-corrected chi connectivity index (χ1v) is 6.30. The van der Waals surface area contributed by atoms with Crippen LogP contribution >= 0.6 is 0 Å². The number of nitrogens with zero attached hydrogens (tertiary/aromatic N) is 1. The second-order valence-electron chi connectivity index (χ2n) is 5.56. The predicted molar refractivity (Wildman–Crippen MR) is 67.6 cm³/mol. The molecule has 0 fully saturated rings. The van der Waals surface area contributed by atoms with E-state index in [0.717, 1.165) is 18.8 Å². The lowest BCUT2D eigenvalue weighted by atomic mass is 9.83. The van der Waals surface area contributed by atoms with Gasteiger partial charge in [-0.3, -0.25) is 10.1 Å². The molecule has 4 heteroatoms. The van der Waals surface area contributed by atoms with Gasteiger partial charge in [-0.1, -0.05) is 13.0 Å². The van der Waals surface area contributed by atoms with Crippen molar-refractivity contribution in [1.82, 2.24) is 0 Å². The Balaban J connectivity index is 2.53. The van der Waals surface area contributed by atoms with Crippen LogP contribution in [-0.2, 0) is 4.74 Å². The van der Waals surface area contributed by atoms with Crippen molar-refractivity contribution in [2.45, 2.75) is 58.6 Å². The zero-order valence-corrected chi connectivity index (χ0v) is 11.2. The molecule has 0 spiro atoms. The van der Waals surface area contributed by atoms with E-state index in [1.807, 2.05) is 13.8 Å². The van der Waals surface area contributed by atoms with Gasteiger partial charge >= 0.3 is 0 Å². The van der Waals surface area contributed by atoms with Gasteiger partial charge in [-0.2, -0.15) is 0 Å². The van der Waals surface area contributed by atoms with Crippen molar-refractivity contribution in [2.75, 3.05) is 6.61 Å². The molecule has 98 valence electrons. The highest BCUT2D eigenvalue weighted by molar-refractivity contribution is 5.17. The molecule has 17 heavy (non-hydrogen) atoms. The molecule has 0 amide bonds. The lowest BCUT2D eigenvalue weighted by Crippen LogP contribution is -2.34. The minimum Gasteiger partial charge on any atom is -0.364 e. The van der Waals surface area contributed by atoms with Crippen LogP contribution in [0, 0.1) is 16.0 Å². The zero-order valence-electron chi connectivity index (χ0n) is 11.2. The van der Waals surface area contributed by atoms with E-state index in [-0.39, 0.29) is 17.1 Å². The van der Waals surface area contributed by atoms with Gasteiger partial charge in [0.05, 0.1) is 5.60 Å². The molecule has 1 aliphatic rings. The van der Waals surface area contributed by atoms with E-state index >= 15 is 0 Å². The topological polar surface area (TPSA) is 52.4 Å². The van der Waals surface area contributed by atoms with Crippen LogP contribution in [0.15, 0.2) is 11.6 Å². The van der Waals surface area contributed by atoms with Crippen LogP contribution < -0.4 is 0 Å². The third-order valence-electron chi connectivity index (χ3n) is 3.49. The first-order valence-electron chi connectivity index (χ1n) is 6.30. The first kappa shape index (κ1) is 14.2. The molecular weight excluding hydrogens is 218 g/mol. The fraction of sp³-hybridized carbons (Fsp3) is 0.846. The van der Waals surface area contributed by atoms with Crippen molar-refractivity contribution in [3.05, 3.63) is 21.8 Å². The number of rotatable bonds is 5. The summed E-state index contributed by atoms with van der Waals surface area (Å²) in [5.74, 6) is 0.743. The van der Waals surface area contributed by atoms with Gasteiger partial charge in [-0.15, -0.1) is 0 Å². The van der Waals surface area contributed by atoms with Crippen molar-refractivity contribution >= 4 is 0 Å². The number of ether oxygens (including phenoxy) is 1. The van der Waals surface area contributed by atoms with Crippen molar-refractivity contribution in [3.8, 4) is 0 Å². The summed E-state index contributed by atoms with van der Waals surface area (Å²) in [6.45, 7) is 8.00. The van der Waals surface area contributed by atoms with Crippen LogP contribution in [-0.4, -0.2) is 23.2 Å². The van der Waals surface area contributed by atoms with E-state index in [1.54, 1.807) is 6.92 Å². The normalized spacial score (nSPS) is 23.1. The molecule has 0 heterocycles. The van der Waals surface area contributed by atoms with E-state index in [9.17, 15) is 10.1 Å². The van der Waals surface area contributed by atoms with Gasteiger partial charge in [0.1, 0.15) is 6.61 Å². The minimum absolute atomic E-state index is 0.174. The first-order chi connectivity index (χ1) is 7.83. The lowest BCUT2D eigenvalue weighted by Gasteiger charge is -2.32. The van der Waals surface area contributed by atoms with E-state index in [4.69, 9.17) is 4.74 Å². The predicted octanol–water partition coefficient (Wildman–Crippen LogP) is 3.19. The Labute approximate surface area is 103 Å². The summed E-state index contributed by atoms with van der Waals surface area (Å²) in [7, 11) is 0. The number of hydrogen-bond donors (Lipinski definition) is 0. The van der Waals surface area contributed by atoms with Crippen LogP contribution in [0.1, 0.15) is 47.0 Å². The quantitative estimate of drug-likeness (QED) is 0.422. The van der Waals surface area contributed by atoms with Crippen LogP contribution in [0.2, 0.25) is 0 Å². The Morgan fingerprint density at radius 3 is 2.76 bits per heavy atom. The number of nitro groups is 1. The molecular formula is C13H23NO3. The van der Waals surface area contributed by atoms with Crippen molar-refractivity contribution < 1.29 is 9.66 Å². The highest BCUT2D eigenvalue weighted by Crippen LogP contribution is 2.32. The van der Waals surface area contributed by atoms with E-state index in [0.29, 0.717) is 0 Å². The Bertz CT molecular complexity index is 310. The molecule has 0 bridgehead atoms. The Morgan fingerprint density at radius 2 is 2.29 bits per heavy atom. The van der Waals surface area contributed by atoms with Crippen molar-refractivity contribution in [2.24, 2.45) is 5.92 Å². The van der Waals surface area contributed by atoms with Gasteiger partial charge < -0.3 is 4.74 Å². The molecule has 0 saturated carbocycles. The van der Waals surface area contributed by atoms with Gasteiger partial charge in [0.15, 0.2) is 0 Å². The molecule has 0 aromatic rings. The second-order valence-corrected chi connectivity index (χ2v) is 5.56. The third kappa shape index (κ3) is 4.11. The minimum atomic E-state index is -0.641. The summed E-state index contributed by atoms with van der Waals surface area (Å²) in [5, 5.41) is 10.5. The molecule has 1 unspecified atom stereocenters. The summed E-state index contributed by atoms with van der Waals surface area (Å²) in [6, 6.07) is -0.641. The van der Waals surface area contributed by atoms with Crippen LogP contribution in [0.4, 0.5) is 0 Å². The molecule has 2 atom stereocenters. The van der Waals surface area contributed by atoms with Crippen molar-refractivity contribution in [1.29, 1.82) is 0 Å². The van der Waals surface area contributed by atoms with Gasteiger partial charge in [0.2, 0.25) is 6.04 Å². The van der Waals surface area contributed by atoms with Crippen LogP contribution in [0.25, 0.3) is 0 Å². The van der Waals surface area contributed by atoms with Crippen molar-refractivity contribution in [3.63, 3.8) is 0 Å². The zero-order chi connectivity index (χ0) is 13.1. The Kier molecular flexibility index (Phi) is 4.69. The molecule has 0 radical (unpaired) electrons. The fourth-order valence-electron chi connectivity index (χ4n) is 1.99. The maximum absolute atomic E-state index is 10.5. The SMILES string of the molecule is CC(COC(C)(C)C1=CC[C@H](C)CC1)[N+](=O)[O-]. The lowest BCUT2D eigenvalue weighted by molar-refractivity contribution is -0.523.